The van der Waals surface area contributed by atoms with Gasteiger partial charge in [-0.05, 0) is 24.3 Å². The number of hydrogen-bond donors (Lipinski definition) is 0. The van der Waals surface area contributed by atoms with Crippen molar-refractivity contribution in [3.05, 3.63) is 57.7 Å². The van der Waals surface area contributed by atoms with Gasteiger partial charge in [0.25, 0.3) is 0 Å². The minimum Gasteiger partial charge on any atom is -0.454 e. The molecule has 6 nitrogen and oxygen atoms in total. The van der Waals surface area contributed by atoms with Gasteiger partial charge in [-0.25, -0.2) is 9.37 Å². The van der Waals surface area contributed by atoms with Crippen LogP contribution in [-0.4, -0.2) is 9.91 Å². The van der Waals surface area contributed by atoms with E-state index < -0.39 is 4.92 Å². The van der Waals surface area contributed by atoms with E-state index >= 15 is 0 Å². The molecule has 1 aromatic carbocycles. The van der Waals surface area contributed by atoms with Crippen LogP contribution >= 0.6 is 11.3 Å². The maximum atomic E-state index is 13.2. The fourth-order valence-corrected chi connectivity index (χ4v) is 2.94. The molecular weight excluding hydrogens is 323 g/mol. The summed E-state index contributed by atoms with van der Waals surface area (Å²) >= 11 is 1.27. The summed E-state index contributed by atoms with van der Waals surface area (Å²) in [7, 11) is 0. The minimum atomic E-state index is -0.605. The van der Waals surface area contributed by atoms with E-state index in [0.29, 0.717) is 27.8 Å². The van der Waals surface area contributed by atoms with Gasteiger partial charge < -0.3 is 8.83 Å². The Morgan fingerprint density at radius 2 is 2.00 bits per heavy atom. The number of halogens is 1. The second-order valence-corrected chi connectivity index (χ2v) is 5.58. The van der Waals surface area contributed by atoms with Gasteiger partial charge in [-0.3, -0.25) is 10.1 Å². The van der Waals surface area contributed by atoms with Gasteiger partial charge >= 0.3 is 5.88 Å². The van der Waals surface area contributed by atoms with E-state index in [0.717, 1.165) is 5.39 Å². The molecule has 23 heavy (non-hydrogen) atoms. The van der Waals surface area contributed by atoms with Crippen molar-refractivity contribution < 1.29 is 18.1 Å². The van der Waals surface area contributed by atoms with E-state index in [9.17, 15) is 14.5 Å². The van der Waals surface area contributed by atoms with Crippen LogP contribution in [0.5, 0.6) is 0 Å². The van der Waals surface area contributed by atoms with Crippen molar-refractivity contribution in [1.82, 2.24) is 4.98 Å². The molecule has 114 valence electrons. The summed E-state index contributed by atoms with van der Waals surface area (Å²) in [6, 6.07) is 8.83. The van der Waals surface area contributed by atoms with Crippen LogP contribution in [0, 0.1) is 15.9 Å². The van der Waals surface area contributed by atoms with Crippen molar-refractivity contribution in [2.24, 2.45) is 0 Å². The van der Waals surface area contributed by atoms with Crippen molar-refractivity contribution in [3.8, 4) is 22.2 Å². The normalized spacial score (nSPS) is 11.2. The molecule has 0 aliphatic heterocycles. The first-order valence-electron chi connectivity index (χ1n) is 6.50. The lowest BCUT2D eigenvalue weighted by Gasteiger charge is -1.89. The molecule has 0 aliphatic rings. The lowest BCUT2D eigenvalue weighted by Crippen LogP contribution is -1.82. The van der Waals surface area contributed by atoms with E-state index in [2.05, 4.69) is 4.98 Å². The predicted molar refractivity (Wildman–Crippen MR) is 81.6 cm³/mol. The van der Waals surface area contributed by atoms with Gasteiger partial charge in [0.2, 0.25) is 0 Å². The Labute approximate surface area is 131 Å². The third kappa shape index (κ3) is 2.38. The number of hydrogen-bond acceptors (Lipinski definition) is 6. The van der Waals surface area contributed by atoms with Gasteiger partial charge in [-0.2, -0.15) is 0 Å². The Kier molecular flexibility index (Phi) is 2.98. The standard InChI is InChI=1S/C15H7FN2O4S/c16-9-2-1-8-5-13(21-12(8)6-9)10-7-23-15(17-10)11-3-4-14(22-11)18(19)20/h1-7H. The number of benzene rings is 1. The van der Waals surface area contributed by atoms with Gasteiger partial charge in [0.1, 0.15) is 22.0 Å². The van der Waals surface area contributed by atoms with Gasteiger partial charge in [-0.15, -0.1) is 11.3 Å². The van der Waals surface area contributed by atoms with Crippen LogP contribution < -0.4 is 0 Å². The number of nitrogens with zero attached hydrogens (tertiary/aromatic N) is 2. The average Bonchev–Trinajstić information content (AvgIpc) is 3.24. The summed E-state index contributed by atoms with van der Waals surface area (Å²) in [5, 5.41) is 13.7. The van der Waals surface area contributed by atoms with Gasteiger partial charge in [0.05, 0.1) is 6.07 Å². The van der Waals surface area contributed by atoms with Crippen molar-refractivity contribution in [2.75, 3.05) is 0 Å². The third-order valence-electron chi connectivity index (χ3n) is 3.22. The molecule has 0 aliphatic carbocycles. The molecule has 4 aromatic rings. The van der Waals surface area contributed by atoms with E-state index in [1.807, 2.05) is 0 Å². The van der Waals surface area contributed by atoms with Crippen molar-refractivity contribution in [3.63, 3.8) is 0 Å². The summed E-state index contributed by atoms with van der Waals surface area (Å²) in [5.74, 6) is 0.0977. The highest BCUT2D eigenvalue weighted by Crippen LogP contribution is 2.34. The Bertz CT molecular complexity index is 1030. The van der Waals surface area contributed by atoms with E-state index in [-0.39, 0.29) is 11.7 Å². The highest BCUT2D eigenvalue weighted by atomic mass is 32.1. The monoisotopic (exact) mass is 330 g/mol. The van der Waals surface area contributed by atoms with Crippen LogP contribution in [0.4, 0.5) is 10.3 Å². The maximum Gasteiger partial charge on any atom is 0.433 e. The van der Waals surface area contributed by atoms with Crippen molar-refractivity contribution in [1.29, 1.82) is 0 Å². The van der Waals surface area contributed by atoms with Gasteiger partial charge in [0, 0.05) is 16.8 Å². The Balaban J connectivity index is 1.72. The number of furan rings is 2. The largest absolute Gasteiger partial charge is 0.454 e. The zero-order valence-corrected chi connectivity index (χ0v) is 12.2. The molecule has 0 saturated heterocycles. The number of nitro groups is 1. The Morgan fingerprint density at radius 1 is 1.13 bits per heavy atom. The van der Waals surface area contributed by atoms with Crippen LogP contribution in [0.15, 0.2) is 50.6 Å². The second-order valence-electron chi connectivity index (χ2n) is 4.73. The van der Waals surface area contributed by atoms with Gasteiger partial charge in [0.15, 0.2) is 16.5 Å². The van der Waals surface area contributed by atoms with Crippen molar-refractivity contribution >= 4 is 28.2 Å². The molecule has 0 atom stereocenters. The van der Waals surface area contributed by atoms with Crippen LogP contribution in [-0.2, 0) is 0 Å². The minimum absolute atomic E-state index is 0.315. The zero-order chi connectivity index (χ0) is 16.0. The smallest absolute Gasteiger partial charge is 0.433 e. The lowest BCUT2D eigenvalue weighted by molar-refractivity contribution is -0.401. The molecule has 4 rings (SSSR count). The summed E-state index contributed by atoms with van der Waals surface area (Å²) in [6.07, 6.45) is 0. The van der Waals surface area contributed by atoms with Crippen LogP contribution in [0.1, 0.15) is 0 Å². The molecule has 3 aromatic heterocycles. The first-order valence-corrected chi connectivity index (χ1v) is 7.38. The zero-order valence-electron chi connectivity index (χ0n) is 11.4. The SMILES string of the molecule is O=[N+]([O-])c1ccc(-c2nc(-c3cc4ccc(F)cc4o3)cs2)o1. The quantitative estimate of drug-likeness (QED) is 0.395. The molecule has 0 N–H and O–H groups in total. The topological polar surface area (TPSA) is 82.3 Å². The van der Waals surface area contributed by atoms with Gasteiger partial charge in [-0.1, -0.05) is 0 Å². The second kappa shape index (κ2) is 5.03. The van der Waals surface area contributed by atoms with Crippen LogP contribution in [0.25, 0.3) is 33.2 Å². The number of aromatic nitrogens is 1. The van der Waals surface area contributed by atoms with Crippen LogP contribution in [0.3, 0.4) is 0 Å². The summed E-state index contributed by atoms with van der Waals surface area (Å²) < 4.78 is 23.9. The maximum absolute atomic E-state index is 13.2. The van der Waals surface area contributed by atoms with Crippen molar-refractivity contribution in [2.45, 2.75) is 0 Å². The summed E-state index contributed by atoms with van der Waals surface area (Å²) in [6.45, 7) is 0. The van der Waals surface area contributed by atoms with E-state index in [1.54, 1.807) is 17.5 Å². The molecule has 8 heteroatoms. The van der Waals surface area contributed by atoms with E-state index in [1.165, 1.54) is 35.6 Å². The first kappa shape index (κ1) is 13.6. The summed E-state index contributed by atoms with van der Waals surface area (Å²) in [4.78, 5) is 14.4. The molecule has 0 spiro atoms. The highest BCUT2D eigenvalue weighted by Gasteiger charge is 2.17. The fraction of sp³-hybridized carbons (Fsp3) is 0. The van der Waals surface area contributed by atoms with E-state index in [4.69, 9.17) is 8.83 Å². The third-order valence-corrected chi connectivity index (χ3v) is 4.08. The molecule has 0 bridgehead atoms. The number of rotatable bonds is 3. The average molecular weight is 330 g/mol. The lowest BCUT2D eigenvalue weighted by atomic mass is 10.2. The predicted octanol–water partition coefficient (Wildman–Crippen LogP) is 4.86. The number of fused-ring (bicyclic) bond motifs is 1. The fourth-order valence-electron chi connectivity index (χ4n) is 2.17. The molecular formula is C15H7FN2O4S. The van der Waals surface area contributed by atoms with Crippen LogP contribution in [0.2, 0.25) is 0 Å². The molecule has 3 heterocycles. The molecule has 0 amide bonds. The molecule has 0 fully saturated rings. The molecule has 0 unspecified atom stereocenters. The summed E-state index contributed by atoms with van der Waals surface area (Å²) in [5.41, 5.74) is 0.990. The highest BCUT2D eigenvalue weighted by molar-refractivity contribution is 7.13. The first-order chi connectivity index (χ1) is 11.1. The Hall–Kier alpha value is -3.00. The number of thiazole rings is 1. The molecule has 0 radical (unpaired) electrons. The Morgan fingerprint density at radius 3 is 2.78 bits per heavy atom. The molecule has 0 saturated carbocycles.